The van der Waals surface area contributed by atoms with Gasteiger partial charge in [0.2, 0.25) is 5.82 Å². The molecular weight excluding hydrogens is 529 g/mol. The lowest BCUT2D eigenvalue weighted by Gasteiger charge is -2.38. The molecule has 0 unspecified atom stereocenters. The molecule has 0 radical (unpaired) electrons. The Hall–Kier alpha value is -3.01. The predicted molar refractivity (Wildman–Crippen MR) is 167 cm³/mol. The Labute approximate surface area is 250 Å². The van der Waals surface area contributed by atoms with Crippen molar-refractivity contribution in [2.24, 2.45) is 17.8 Å². The Kier molecular flexibility index (Phi) is 10.5. The van der Waals surface area contributed by atoms with E-state index in [4.69, 9.17) is 4.74 Å². The molecule has 0 saturated heterocycles. The fraction of sp³-hybridized carbons (Fsp3) is 0.474. The molecule has 224 valence electrons. The molecule has 1 nitrogen and oxygen atoms in total. The first-order chi connectivity index (χ1) is 20.5. The maximum absolute atomic E-state index is 15.4. The van der Waals surface area contributed by atoms with Gasteiger partial charge < -0.3 is 4.74 Å². The van der Waals surface area contributed by atoms with Crippen LogP contribution in [0.25, 0.3) is 22.3 Å². The molecule has 0 heterocycles. The normalized spacial score (nSPS) is 22.6. The smallest absolute Gasteiger partial charge is 0.201 e. The monoisotopic (exact) mass is 574 g/mol. The first kappa shape index (κ1) is 30.4. The number of ether oxygens (including phenoxy) is 1. The molecule has 0 bridgehead atoms. The number of halogens is 3. The fourth-order valence-electron chi connectivity index (χ4n) is 7.27. The van der Waals surface area contributed by atoms with E-state index in [-0.39, 0.29) is 17.1 Å². The molecule has 0 atom stereocenters. The van der Waals surface area contributed by atoms with Crippen molar-refractivity contribution in [3.63, 3.8) is 0 Å². The molecule has 2 fully saturated rings. The number of hydrogen-bond donors (Lipinski definition) is 0. The second-order valence-electron chi connectivity index (χ2n) is 12.5. The van der Waals surface area contributed by atoms with Gasteiger partial charge in [0.1, 0.15) is 5.82 Å². The highest BCUT2D eigenvalue weighted by Gasteiger charge is 2.31. The molecule has 42 heavy (non-hydrogen) atoms. The Morgan fingerprint density at radius 3 is 2.00 bits per heavy atom. The van der Waals surface area contributed by atoms with Crippen LogP contribution in [-0.2, 0) is 0 Å². The van der Waals surface area contributed by atoms with E-state index in [1.54, 1.807) is 30.3 Å². The highest BCUT2D eigenvalue weighted by Crippen LogP contribution is 2.45. The zero-order valence-corrected chi connectivity index (χ0v) is 25.0. The van der Waals surface area contributed by atoms with Crippen molar-refractivity contribution in [1.82, 2.24) is 0 Å². The topological polar surface area (TPSA) is 9.23 Å². The van der Waals surface area contributed by atoms with Gasteiger partial charge in [0.05, 0.1) is 6.61 Å². The van der Waals surface area contributed by atoms with Crippen LogP contribution < -0.4 is 4.74 Å². The molecule has 3 aromatic rings. The van der Waals surface area contributed by atoms with Gasteiger partial charge in [0.15, 0.2) is 11.6 Å². The standard InChI is InChI=1S/C38H45F3O/c1-3-5-7-26-8-10-27(11-9-26)28-12-14-29(15-13-28)32-20-21-33(35(39)25-32)30-16-18-31(19-17-30)34-22-23-36(38(41)37(34)40)42-24-6-4-2/h3,16-23,25-29H,1,4-15,24H2,2H3. The number of allylic oxidation sites excluding steroid dienone is 1. The third-order valence-electron chi connectivity index (χ3n) is 9.88. The predicted octanol–water partition coefficient (Wildman–Crippen LogP) is 11.7. The molecule has 0 N–H and O–H groups in total. The van der Waals surface area contributed by atoms with Crippen LogP contribution in [0.1, 0.15) is 95.5 Å². The number of benzene rings is 3. The van der Waals surface area contributed by atoms with E-state index in [1.165, 1.54) is 57.1 Å². The van der Waals surface area contributed by atoms with E-state index >= 15 is 4.39 Å². The summed E-state index contributed by atoms with van der Waals surface area (Å²) in [7, 11) is 0. The Morgan fingerprint density at radius 1 is 0.762 bits per heavy atom. The Morgan fingerprint density at radius 2 is 1.38 bits per heavy atom. The second-order valence-corrected chi connectivity index (χ2v) is 12.5. The lowest BCUT2D eigenvalue weighted by atomic mass is 9.68. The van der Waals surface area contributed by atoms with E-state index in [1.807, 2.05) is 13.0 Å². The maximum Gasteiger partial charge on any atom is 0.201 e. The van der Waals surface area contributed by atoms with Gasteiger partial charge in [-0.3, -0.25) is 0 Å². The van der Waals surface area contributed by atoms with Crippen molar-refractivity contribution in [1.29, 1.82) is 0 Å². The van der Waals surface area contributed by atoms with Gasteiger partial charge in [-0.05, 0) is 116 Å². The van der Waals surface area contributed by atoms with Crippen LogP contribution in [-0.4, -0.2) is 6.61 Å². The third kappa shape index (κ3) is 7.13. The van der Waals surface area contributed by atoms with Gasteiger partial charge in [-0.25, -0.2) is 8.78 Å². The summed E-state index contributed by atoms with van der Waals surface area (Å²) in [5.74, 6) is 0.794. The van der Waals surface area contributed by atoms with Gasteiger partial charge in [-0.1, -0.05) is 68.7 Å². The largest absolute Gasteiger partial charge is 0.490 e. The third-order valence-corrected chi connectivity index (χ3v) is 9.88. The lowest BCUT2D eigenvalue weighted by Crippen LogP contribution is -2.25. The molecule has 5 rings (SSSR count). The lowest BCUT2D eigenvalue weighted by molar-refractivity contribution is 0.157. The van der Waals surface area contributed by atoms with Crippen LogP contribution in [0, 0.1) is 35.2 Å². The summed E-state index contributed by atoms with van der Waals surface area (Å²) in [4.78, 5) is 0. The quantitative estimate of drug-likeness (QED) is 0.163. The summed E-state index contributed by atoms with van der Waals surface area (Å²) in [5, 5.41) is 0. The molecule has 2 aliphatic rings. The van der Waals surface area contributed by atoms with Crippen molar-refractivity contribution in [3.8, 4) is 28.0 Å². The molecule has 0 spiro atoms. The number of rotatable bonds is 11. The fourth-order valence-corrected chi connectivity index (χ4v) is 7.27. The summed E-state index contributed by atoms with van der Waals surface area (Å²) in [6.07, 6.45) is 16.5. The van der Waals surface area contributed by atoms with Gasteiger partial charge >= 0.3 is 0 Å². The number of hydrogen-bond acceptors (Lipinski definition) is 1. The first-order valence-corrected chi connectivity index (χ1v) is 16.1. The zero-order chi connectivity index (χ0) is 29.5. The van der Waals surface area contributed by atoms with Gasteiger partial charge in [-0.2, -0.15) is 4.39 Å². The van der Waals surface area contributed by atoms with Crippen molar-refractivity contribution in [2.45, 2.75) is 89.9 Å². The number of unbranched alkanes of at least 4 members (excludes halogenated alkanes) is 1. The van der Waals surface area contributed by atoms with Crippen LogP contribution in [0.2, 0.25) is 0 Å². The average Bonchev–Trinajstić information content (AvgIpc) is 3.03. The van der Waals surface area contributed by atoms with Crippen molar-refractivity contribution < 1.29 is 17.9 Å². The van der Waals surface area contributed by atoms with Crippen LogP contribution in [0.4, 0.5) is 13.2 Å². The molecule has 3 aromatic carbocycles. The van der Waals surface area contributed by atoms with E-state index < -0.39 is 11.6 Å². The van der Waals surface area contributed by atoms with E-state index in [0.717, 1.165) is 61.0 Å². The molecular formula is C38H45F3O. The molecule has 0 aromatic heterocycles. The van der Waals surface area contributed by atoms with E-state index in [9.17, 15) is 8.78 Å². The summed E-state index contributed by atoms with van der Waals surface area (Å²) in [6, 6.07) is 15.6. The second kappa shape index (κ2) is 14.4. The average molecular weight is 575 g/mol. The highest BCUT2D eigenvalue weighted by molar-refractivity contribution is 5.71. The SMILES string of the molecule is C=CCCC1CCC(C2CCC(c3ccc(-c4ccc(-c5ccc(OCCCC)c(F)c5F)cc4)c(F)c3)CC2)CC1. The molecule has 4 heteroatoms. The molecule has 2 saturated carbocycles. The van der Waals surface area contributed by atoms with Gasteiger partial charge in [0.25, 0.3) is 0 Å². The molecule has 0 amide bonds. The molecule has 0 aliphatic heterocycles. The van der Waals surface area contributed by atoms with Gasteiger partial charge in [-0.15, -0.1) is 6.58 Å². The minimum absolute atomic E-state index is 0.0704. The Bertz CT molecular complexity index is 1310. The van der Waals surface area contributed by atoms with E-state index in [0.29, 0.717) is 23.7 Å². The minimum Gasteiger partial charge on any atom is -0.490 e. The zero-order valence-electron chi connectivity index (χ0n) is 25.0. The van der Waals surface area contributed by atoms with E-state index in [2.05, 4.69) is 18.7 Å². The van der Waals surface area contributed by atoms with Crippen molar-refractivity contribution in [2.75, 3.05) is 6.61 Å². The van der Waals surface area contributed by atoms with Crippen molar-refractivity contribution in [3.05, 3.63) is 90.3 Å². The Balaban J connectivity index is 1.19. The maximum atomic E-state index is 15.4. The van der Waals surface area contributed by atoms with Crippen LogP contribution in [0.15, 0.2) is 67.3 Å². The first-order valence-electron chi connectivity index (χ1n) is 16.1. The summed E-state index contributed by atoms with van der Waals surface area (Å²) >= 11 is 0. The minimum atomic E-state index is -0.977. The van der Waals surface area contributed by atoms with Crippen LogP contribution in [0.5, 0.6) is 5.75 Å². The van der Waals surface area contributed by atoms with Crippen LogP contribution >= 0.6 is 0 Å². The van der Waals surface area contributed by atoms with Crippen molar-refractivity contribution >= 4 is 0 Å². The highest BCUT2D eigenvalue weighted by atomic mass is 19.2. The molecule has 2 aliphatic carbocycles. The summed E-state index contributed by atoms with van der Waals surface area (Å²) < 4.78 is 50.2. The summed E-state index contributed by atoms with van der Waals surface area (Å²) in [5.41, 5.74) is 3.04. The summed E-state index contributed by atoms with van der Waals surface area (Å²) in [6.45, 7) is 6.23. The van der Waals surface area contributed by atoms with Gasteiger partial charge in [0, 0.05) is 11.1 Å². The van der Waals surface area contributed by atoms with Crippen LogP contribution in [0.3, 0.4) is 0 Å².